The van der Waals surface area contributed by atoms with E-state index in [0.717, 1.165) is 6.54 Å². The number of carbonyl (C=O) groups is 1. The van der Waals surface area contributed by atoms with E-state index in [1.165, 1.54) is 0 Å². The van der Waals surface area contributed by atoms with Crippen LogP contribution in [0.2, 0.25) is 0 Å². The Morgan fingerprint density at radius 1 is 1.53 bits per heavy atom. The standard InChI is InChI=1S/C8H17N3O3S/c1-5(2)6-3-7(10-4-6)8(12)11-15(9,13)14/h5-7,10H,3-4H2,1-2H3,(H,11,12)(H2,9,13,14)/t6-,7?/m1/s1. The summed E-state index contributed by atoms with van der Waals surface area (Å²) in [7, 11) is -3.94. The van der Waals surface area contributed by atoms with E-state index >= 15 is 0 Å². The van der Waals surface area contributed by atoms with Crippen LogP contribution < -0.4 is 15.2 Å². The van der Waals surface area contributed by atoms with Crippen LogP contribution in [0.3, 0.4) is 0 Å². The summed E-state index contributed by atoms with van der Waals surface area (Å²) in [4.78, 5) is 11.4. The molecule has 0 aliphatic carbocycles. The molecular weight excluding hydrogens is 218 g/mol. The molecule has 0 aromatic carbocycles. The van der Waals surface area contributed by atoms with Gasteiger partial charge in [-0.1, -0.05) is 13.8 Å². The Balaban J connectivity index is 2.51. The highest BCUT2D eigenvalue weighted by Gasteiger charge is 2.31. The van der Waals surface area contributed by atoms with Crippen LogP contribution in [0.5, 0.6) is 0 Å². The van der Waals surface area contributed by atoms with Gasteiger partial charge >= 0.3 is 0 Å². The van der Waals surface area contributed by atoms with Gasteiger partial charge < -0.3 is 5.32 Å². The van der Waals surface area contributed by atoms with Gasteiger partial charge in [0.25, 0.3) is 16.1 Å². The second-order valence-corrected chi connectivity index (χ2v) is 5.51. The molecule has 1 amide bonds. The number of nitrogens with one attached hydrogen (secondary N) is 2. The summed E-state index contributed by atoms with van der Waals surface area (Å²) in [5.41, 5.74) is 0. The first kappa shape index (κ1) is 12.4. The molecule has 0 aromatic rings. The summed E-state index contributed by atoms with van der Waals surface area (Å²) in [6, 6.07) is -0.448. The number of hydrogen-bond donors (Lipinski definition) is 3. The molecular formula is C8H17N3O3S. The third-order valence-corrected chi connectivity index (χ3v) is 3.15. The van der Waals surface area contributed by atoms with Gasteiger partial charge in [-0.05, 0) is 24.8 Å². The van der Waals surface area contributed by atoms with Crippen LogP contribution in [0.4, 0.5) is 0 Å². The molecule has 0 saturated carbocycles. The lowest BCUT2D eigenvalue weighted by Crippen LogP contribution is -2.45. The van der Waals surface area contributed by atoms with Crippen LogP contribution in [0.1, 0.15) is 20.3 Å². The second-order valence-electron chi connectivity index (χ2n) is 4.21. The number of carbonyl (C=O) groups excluding carboxylic acids is 1. The molecule has 1 heterocycles. The van der Waals surface area contributed by atoms with Gasteiger partial charge in [0, 0.05) is 0 Å². The molecule has 6 nitrogen and oxygen atoms in total. The summed E-state index contributed by atoms with van der Waals surface area (Å²) in [6.07, 6.45) is 0.652. The minimum absolute atomic E-state index is 0.404. The van der Waals surface area contributed by atoms with Crippen LogP contribution in [-0.4, -0.2) is 26.9 Å². The zero-order chi connectivity index (χ0) is 11.6. The fourth-order valence-electron chi connectivity index (χ4n) is 1.68. The molecule has 1 unspecified atom stereocenters. The van der Waals surface area contributed by atoms with E-state index in [2.05, 4.69) is 19.2 Å². The van der Waals surface area contributed by atoms with Gasteiger partial charge in [-0.25, -0.2) is 9.86 Å². The van der Waals surface area contributed by atoms with E-state index in [9.17, 15) is 13.2 Å². The van der Waals surface area contributed by atoms with Crippen LogP contribution in [0.25, 0.3) is 0 Å². The third-order valence-electron chi connectivity index (χ3n) is 2.67. The average Bonchev–Trinajstić information content (AvgIpc) is 2.47. The molecule has 1 saturated heterocycles. The number of nitrogens with two attached hydrogens (primary N) is 1. The molecule has 88 valence electrons. The average molecular weight is 235 g/mol. The first-order valence-corrected chi connectivity index (χ1v) is 6.42. The van der Waals surface area contributed by atoms with Crippen molar-refractivity contribution >= 4 is 16.1 Å². The van der Waals surface area contributed by atoms with Gasteiger partial charge in [0.05, 0.1) is 6.04 Å². The van der Waals surface area contributed by atoms with Gasteiger partial charge in [-0.15, -0.1) is 0 Å². The van der Waals surface area contributed by atoms with Gasteiger partial charge in [0.1, 0.15) is 0 Å². The highest BCUT2D eigenvalue weighted by atomic mass is 32.2. The lowest BCUT2D eigenvalue weighted by molar-refractivity contribution is -0.121. The third kappa shape index (κ3) is 3.77. The van der Waals surface area contributed by atoms with Crippen molar-refractivity contribution in [2.45, 2.75) is 26.3 Å². The smallest absolute Gasteiger partial charge is 0.298 e. The Hall–Kier alpha value is -0.660. The summed E-state index contributed by atoms with van der Waals surface area (Å²) < 4.78 is 23.0. The van der Waals surface area contributed by atoms with Crippen molar-refractivity contribution in [3.8, 4) is 0 Å². The first-order valence-electron chi connectivity index (χ1n) is 4.87. The van der Waals surface area contributed by atoms with Crippen molar-refractivity contribution < 1.29 is 13.2 Å². The second kappa shape index (κ2) is 4.46. The van der Waals surface area contributed by atoms with Crippen LogP contribution >= 0.6 is 0 Å². The minimum Gasteiger partial charge on any atom is -0.306 e. The summed E-state index contributed by atoms with van der Waals surface area (Å²) >= 11 is 0. The van der Waals surface area contributed by atoms with Gasteiger partial charge in [0.15, 0.2) is 0 Å². The quantitative estimate of drug-likeness (QED) is 0.580. The van der Waals surface area contributed by atoms with Crippen molar-refractivity contribution in [3.63, 3.8) is 0 Å². The van der Waals surface area contributed by atoms with Crippen molar-refractivity contribution in [2.75, 3.05) is 6.54 Å². The molecule has 1 rings (SSSR count). The normalized spacial score (nSPS) is 26.9. The molecule has 2 atom stereocenters. The van der Waals surface area contributed by atoms with Crippen molar-refractivity contribution in [1.29, 1.82) is 0 Å². The van der Waals surface area contributed by atoms with Gasteiger partial charge in [0.2, 0.25) is 0 Å². The SMILES string of the molecule is CC(C)[C@H]1CNC(C(=O)NS(N)(=O)=O)C1. The van der Waals surface area contributed by atoms with E-state index in [-0.39, 0.29) is 0 Å². The maximum atomic E-state index is 11.4. The molecule has 0 spiro atoms. The first-order chi connectivity index (χ1) is 6.79. The molecule has 1 fully saturated rings. The van der Waals surface area contributed by atoms with E-state index in [1.807, 2.05) is 0 Å². The molecule has 1 aliphatic rings. The molecule has 4 N–H and O–H groups in total. The van der Waals surface area contributed by atoms with Crippen molar-refractivity contribution in [3.05, 3.63) is 0 Å². The Labute approximate surface area is 89.8 Å². The van der Waals surface area contributed by atoms with Gasteiger partial charge in [-0.2, -0.15) is 8.42 Å². The number of hydrogen-bond acceptors (Lipinski definition) is 4. The van der Waals surface area contributed by atoms with Crippen LogP contribution in [0.15, 0.2) is 0 Å². The molecule has 0 radical (unpaired) electrons. The fourth-order valence-corrected chi connectivity index (χ4v) is 2.10. The van der Waals surface area contributed by atoms with Crippen LogP contribution in [-0.2, 0) is 15.0 Å². The minimum atomic E-state index is -3.94. The summed E-state index contributed by atoms with van der Waals surface area (Å²) in [6.45, 7) is 4.89. The fraction of sp³-hybridized carbons (Fsp3) is 0.875. The lowest BCUT2D eigenvalue weighted by Gasteiger charge is -2.12. The zero-order valence-electron chi connectivity index (χ0n) is 8.86. The topological polar surface area (TPSA) is 101 Å². The molecule has 0 aromatic heterocycles. The highest BCUT2D eigenvalue weighted by molar-refractivity contribution is 7.87. The Morgan fingerprint density at radius 2 is 2.13 bits per heavy atom. The monoisotopic (exact) mass is 235 g/mol. The van der Waals surface area contributed by atoms with Crippen molar-refractivity contribution in [2.24, 2.45) is 17.0 Å². The van der Waals surface area contributed by atoms with Crippen molar-refractivity contribution in [1.82, 2.24) is 10.0 Å². The van der Waals surface area contributed by atoms with Gasteiger partial charge in [-0.3, -0.25) is 4.79 Å². The highest BCUT2D eigenvalue weighted by Crippen LogP contribution is 2.21. The molecule has 1 aliphatic heterocycles. The molecule has 7 heteroatoms. The maximum absolute atomic E-state index is 11.4. The largest absolute Gasteiger partial charge is 0.306 e. The predicted octanol–water partition coefficient (Wildman–Crippen LogP) is -1.06. The zero-order valence-corrected chi connectivity index (χ0v) is 9.67. The van der Waals surface area contributed by atoms with E-state index in [4.69, 9.17) is 5.14 Å². The summed E-state index contributed by atoms with van der Waals surface area (Å²) in [5, 5.41) is 7.69. The predicted molar refractivity (Wildman–Crippen MR) is 56.0 cm³/mol. The lowest BCUT2D eigenvalue weighted by atomic mass is 9.93. The number of amides is 1. The van der Waals surface area contributed by atoms with E-state index < -0.39 is 22.2 Å². The Bertz CT molecular complexity index is 339. The maximum Gasteiger partial charge on any atom is 0.298 e. The molecule has 0 bridgehead atoms. The number of rotatable bonds is 3. The van der Waals surface area contributed by atoms with Crippen LogP contribution in [0, 0.1) is 11.8 Å². The Kier molecular flexibility index (Phi) is 3.69. The molecule has 15 heavy (non-hydrogen) atoms. The Morgan fingerprint density at radius 3 is 2.53 bits per heavy atom. The van der Waals surface area contributed by atoms with E-state index in [0.29, 0.717) is 18.3 Å². The summed E-state index contributed by atoms with van der Waals surface area (Å²) in [5.74, 6) is 0.312. The van der Waals surface area contributed by atoms with E-state index in [1.54, 1.807) is 4.72 Å².